The molecule has 0 saturated heterocycles. The lowest BCUT2D eigenvalue weighted by atomic mass is 10.2. The number of carbonyl (C=O) groups excluding carboxylic acids is 1. The van der Waals surface area contributed by atoms with Gasteiger partial charge in [-0.05, 0) is 12.5 Å². The van der Waals surface area contributed by atoms with Gasteiger partial charge in [-0.15, -0.1) is 0 Å². The first-order chi connectivity index (χ1) is 7.77. The third-order valence-electron chi connectivity index (χ3n) is 2.11. The van der Waals surface area contributed by atoms with Gasteiger partial charge < -0.3 is 10.1 Å². The molecule has 0 bridgehead atoms. The number of nitrogens with one attached hydrogen (secondary N) is 1. The van der Waals surface area contributed by atoms with Crippen LogP contribution in [-0.4, -0.2) is 29.6 Å². The summed E-state index contributed by atoms with van der Waals surface area (Å²) in [7, 11) is 1.31. The molecule has 1 rings (SSSR count). The zero-order valence-corrected chi connectivity index (χ0v) is 9.69. The number of methoxy groups -OCH3 is 1. The van der Waals surface area contributed by atoms with E-state index in [1.807, 2.05) is 0 Å². The SMILES string of the molecule is CCCCCNc1ccnc(C(=O)OC)n1. The number of carbonyl (C=O) groups is 1. The highest BCUT2D eigenvalue weighted by Crippen LogP contribution is 2.03. The maximum absolute atomic E-state index is 11.2. The van der Waals surface area contributed by atoms with Gasteiger partial charge in [-0.25, -0.2) is 14.8 Å². The largest absolute Gasteiger partial charge is 0.463 e. The maximum atomic E-state index is 11.2. The number of anilines is 1. The number of esters is 1. The van der Waals surface area contributed by atoms with E-state index in [1.165, 1.54) is 20.0 Å². The summed E-state index contributed by atoms with van der Waals surface area (Å²) in [6.45, 7) is 3.01. The fourth-order valence-electron chi connectivity index (χ4n) is 1.24. The van der Waals surface area contributed by atoms with Gasteiger partial charge in [0.1, 0.15) is 5.82 Å². The van der Waals surface area contributed by atoms with E-state index in [4.69, 9.17) is 0 Å². The number of unbranched alkanes of at least 4 members (excludes halogenated alkanes) is 2. The van der Waals surface area contributed by atoms with Crippen molar-refractivity contribution in [1.82, 2.24) is 9.97 Å². The summed E-state index contributed by atoms with van der Waals surface area (Å²) in [5.41, 5.74) is 0. The Hall–Kier alpha value is -1.65. The van der Waals surface area contributed by atoms with Crippen LogP contribution in [0.1, 0.15) is 36.8 Å². The van der Waals surface area contributed by atoms with Crippen LogP contribution in [0.3, 0.4) is 0 Å². The highest BCUT2D eigenvalue weighted by molar-refractivity contribution is 5.85. The highest BCUT2D eigenvalue weighted by atomic mass is 16.5. The first-order valence-electron chi connectivity index (χ1n) is 5.43. The van der Waals surface area contributed by atoms with Crippen LogP contribution in [0.25, 0.3) is 0 Å². The average molecular weight is 223 g/mol. The van der Waals surface area contributed by atoms with Crippen molar-refractivity contribution in [1.29, 1.82) is 0 Å². The van der Waals surface area contributed by atoms with E-state index in [2.05, 4.69) is 26.9 Å². The monoisotopic (exact) mass is 223 g/mol. The molecule has 88 valence electrons. The van der Waals surface area contributed by atoms with Crippen molar-refractivity contribution in [3.05, 3.63) is 18.1 Å². The Morgan fingerprint density at radius 3 is 3.00 bits per heavy atom. The maximum Gasteiger partial charge on any atom is 0.376 e. The van der Waals surface area contributed by atoms with Crippen LogP contribution in [0.4, 0.5) is 5.82 Å². The van der Waals surface area contributed by atoms with E-state index >= 15 is 0 Å². The Labute approximate surface area is 95.3 Å². The zero-order valence-electron chi connectivity index (χ0n) is 9.69. The van der Waals surface area contributed by atoms with Gasteiger partial charge in [0.2, 0.25) is 5.82 Å². The molecule has 16 heavy (non-hydrogen) atoms. The second-order valence-corrected chi connectivity index (χ2v) is 3.39. The van der Waals surface area contributed by atoms with Crippen molar-refractivity contribution < 1.29 is 9.53 Å². The summed E-state index contributed by atoms with van der Waals surface area (Å²) in [6, 6.07) is 1.73. The second kappa shape index (κ2) is 6.76. The van der Waals surface area contributed by atoms with Gasteiger partial charge >= 0.3 is 5.97 Å². The lowest BCUT2D eigenvalue weighted by Gasteiger charge is -2.05. The van der Waals surface area contributed by atoms with Crippen molar-refractivity contribution in [3.63, 3.8) is 0 Å². The Morgan fingerprint density at radius 1 is 1.50 bits per heavy atom. The number of nitrogens with zero attached hydrogens (tertiary/aromatic N) is 2. The quantitative estimate of drug-likeness (QED) is 0.589. The molecular weight excluding hydrogens is 206 g/mol. The molecule has 0 aliphatic heterocycles. The Kier molecular flexibility index (Phi) is 5.25. The van der Waals surface area contributed by atoms with Gasteiger partial charge in [0.15, 0.2) is 0 Å². The van der Waals surface area contributed by atoms with E-state index < -0.39 is 5.97 Å². The minimum absolute atomic E-state index is 0.0861. The summed E-state index contributed by atoms with van der Waals surface area (Å²) in [5, 5.41) is 3.14. The van der Waals surface area contributed by atoms with Gasteiger partial charge in [0, 0.05) is 12.7 Å². The number of ether oxygens (including phenoxy) is 1. The van der Waals surface area contributed by atoms with Crippen molar-refractivity contribution in [2.45, 2.75) is 26.2 Å². The van der Waals surface area contributed by atoms with Crippen LogP contribution in [0, 0.1) is 0 Å². The molecule has 0 fully saturated rings. The molecule has 0 unspecified atom stereocenters. The van der Waals surface area contributed by atoms with Crippen molar-refractivity contribution in [3.8, 4) is 0 Å². The number of aromatic nitrogens is 2. The molecule has 0 amide bonds. The summed E-state index contributed by atoms with van der Waals surface area (Å²) in [4.78, 5) is 19.0. The molecule has 0 aromatic carbocycles. The van der Waals surface area contributed by atoms with E-state index in [0.29, 0.717) is 5.82 Å². The molecule has 1 aromatic rings. The van der Waals surface area contributed by atoms with Crippen molar-refractivity contribution in [2.75, 3.05) is 19.0 Å². The number of hydrogen-bond donors (Lipinski definition) is 1. The fourth-order valence-corrected chi connectivity index (χ4v) is 1.24. The zero-order chi connectivity index (χ0) is 11.8. The van der Waals surface area contributed by atoms with E-state index in [1.54, 1.807) is 12.3 Å². The van der Waals surface area contributed by atoms with E-state index in [-0.39, 0.29) is 5.82 Å². The standard InChI is InChI=1S/C11H17N3O2/c1-3-4-5-7-12-9-6-8-13-10(14-9)11(15)16-2/h6,8H,3-5,7H2,1-2H3,(H,12,13,14). The molecule has 1 aromatic heterocycles. The third kappa shape index (κ3) is 3.84. The van der Waals surface area contributed by atoms with Gasteiger partial charge in [-0.3, -0.25) is 0 Å². The average Bonchev–Trinajstić information content (AvgIpc) is 2.34. The van der Waals surface area contributed by atoms with Gasteiger partial charge in [0.05, 0.1) is 7.11 Å². The lowest BCUT2D eigenvalue weighted by Crippen LogP contribution is -2.10. The van der Waals surface area contributed by atoms with Crippen LogP contribution in [0.15, 0.2) is 12.3 Å². The molecule has 0 saturated carbocycles. The fraction of sp³-hybridized carbons (Fsp3) is 0.545. The first-order valence-corrected chi connectivity index (χ1v) is 5.43. The Balaban J connectivity index is 2.50. The molecule has 5 heteroatoms. The van der Waals surface area contributed by atoms with Crippen molar-refractivity contribution >= 4 is 11.8 Å². The summed E-state index contributed by atoms with van der Waals surface area (Å²) in [5.74, 6) is 0.228. The minimum Gasteiger partial charge on any atom is -0.463 e. The topological polar surface area (TPSA) is 64.1 Å². The molecular formula is C11H17N3O2. The normalized spacial score (nSPS) is 9.88. The van der Waals surface area contributed by atoms with Crippen LogP contribution in [-0.2, 0) is 4.74 Å². The van der Waals surface area contributed by atoms with Gasteiger partial charge in [-0.1, -0.05) is 19.8 Å². The van der Waals surface area contributed by atoms with Crippen LogP contribution in [0.2, 0.25) is 0 Å². The van der Waals surface area contributed by atoms with E-state index in [0.717, 1.165) is 13.0 Å². The van der Waals surface area contributed by atoms with Crippen LogP contribution >= 0.6 is 0 Å². The summed E-state index contributed by atoms with van der Waals surface area (Å²) in [6.07, 6.45) is 5.00. The van der Waals surface area contributed by atoms with Gasteiger partial charge in [0.25, 0.3) is 0 Å². The highest BCUT2D eigenvalue weighted by Gasteiger charge is 2.08. The molecule has 0 atom stereocenters. The molecule has 0 aliphatic rings. The minimum atomic E-state index is -0.516. The van der Waals surface area contributed by atoms with E-state index in [9.17, 15) is 4.79 Å². The molecule has 5 nitrogen and oxygen atoms in total. The van der Waals surface area contributed by atoms with Gasteiger partial charge in [-0.2, -0.15) is 0 Å². The number of rotatable bonds is 6. The number of hydrogen-bond acceptors (Lipinski definition) is 5. The predicted molar refractivity (Wildman–Crippen MR) is 61.4 cm³/mol. The Bertz CT molecular complexity index is 342. The smallest absolute Gasteiger partial charge is 0.376 e. The van der Waals surface area contributed by atoms with Crippen LogP contribution in [0.5, 0.6) is 0 Å². The molecule has 0 spiro atoms. The van der Waals surface area contributed by atoms with Crippen molar-refractivity contribution in [2.24, 2.45) is 0 Å². The second-order valence-electron chi connectivity index (χ2n) is 3.39. The summed E-state index contributed by atoms with van der Waals surface area (Å²) >= 11 is 0. The summed E-state index contributed by atoms with van der Waals surface area (Å²) < 4.78 is 4.54. The lowest BCUT2D eigenvalue weighted by molar-refractivity contribution is 0.0587. The molecule has 1 N–H and O–H groups in total. The molecule has 0 aliphatic carbocycles. The Morgan fingerprint density at radius 2 is 2.31 bits per heavy atom. The molecule has 0 radical (unpaired) electrons. The third-order valence-corrected chi connectivity index (χ3v) is 2.11. The first kappa shape index (κ1) is 12.4. The molecule has 1 heterocycles. The predicted octanol–water partition coefficient (Wildman–Crippen LogP) is 1.87. The van der Waals surface area contributed by atoms with Crippen LogP contribution < -0.4 is 5.32 Å².